The Morgan fingerprint density at radius 2 is 1.47 bits per heavy atom. The van der Waals surface area contributed by atoms with Crippen LogP contribution in [0.2, 0.25) is 0 Å². The molecule has 1 heterocycles. The molecule has 4 heteroatoms. The van der Waals surface area contributed by atoms with Gasteiger partial charge in [0.2, 0.25) is 0 Å². The van der Waals surface area contributed by atoms with Crippen LogP contribution < -0.4 is 9.47 Å². The minimum Gasteiger partial charge on any atom is -0.493 e. The molecule has 0 radical (unpaired) electrons. The summed E-state index contributed by atoms with van der Waals surface area (Å²) in [5.41, 5.74) is 5.78. The highest BCUT2D eigenvalue weighted by Crippen LogP contribution is 2.34. The molecule has 0 N–H and O–H groups in total. The number of fused-ring (bicyclic) bond motifs is 1. The number of imidazole rings is 1. The maximum atomic E-state index is 6.11. The number of hydrogen-bond donors (Lipinski definition) is 0. The molecule has 0 atom stereocenters. The molecule has 192 valence electrons. The van der Waals surface area contributed by atoms with E-state index in [0.29, 0.717) is 6.61 Å². The zero-order valence-corrected chi connectivity index (χ0v) is 22.1. The molecule has 0 aliphatic rings. The van der Waals surface area contributed by atoms with Crippen molar-refractivity contribution in [1.29, 1.82) is 0 Å². The SMILES string of the molecule is C/C=C/c1ccc(OCCCCn2c(C(c3ccccc3)c3ccccc3)nc3ccccc32)c(OC)c1. The lowest BCUT2D eigenvalue weighted by Crippen LogP contribution is -2.13. The second kappa shape index (κ2) is 12.3. The Kier molecular flexibility index (Phi) is 8.19. The van der Waals surface area contributed by atoms with E-state index in [4.69, 9.17) is 14.5 Å². The Labute approximate surface area is 225 Å². The number of para-hydroxylation sites is 2. The van der Waals surface area contributed by atoms with Crippen LogP contribution in [0.1, 0.15) is 48.2 Å². The van der Waals surface area contributed by atoms with Gasteiger partial charge in [0.15, 0.2) is 11.5 Å². The second-order valence-corrected chi connectivity index (χ2v) is 9.33. The lowest BCUT2D eigenvalue weighted by Gasteiger charge is -2.20. The number of unbranched alkanes of at least 4 members (excludes halogenated alkanes) is 1. The maximum absolute atomic E-state index is 6.11. The lowest BCUT2D eigenvalue weighted by molar-refractivity contribution is 0.284. The van der Waals surface area contributed by atoms with E-state index in [1.54, 1.807) is 7.11 Å². The van der Waals surface area contributed by atoms with Gasteiger partial charge in [0.1, 0.15) is 5.82 Å². The number of aromatic nitrogens is 2. The summed E-state index contributed by atoms with van der Waals surface area (Å²) in [4.78, 5) is 5.17. The normalized spacial score (nSPS) is 11.4. The van der Waals surface area contributed by atoms with Crippen LogP contribution in [0.15, 0.2) is 109 Å². The number of ether oxygens (including phenoxy) is 2. The smallest absolute Gasteiger partial charge is 0.161 e. The van der Waals surface area contributed by atoms with E-state index in [9.17, 15) is 0 Å². The Morgan fingerprint density at radius 3 is 2.16 bits per heavy atom. The standard InChI is InChI=1S/C34H34N2O2/c1-3-14-26-21-22-31(32(25-26)37-2)38-24-13-12-23-36-30-20-11-10-19-29(30)35-34(36)33(27-15-6-4-7-16-27)28-17-8-5-9-18-28/h3-11,14-22,25,33H,12-13,23-24H2,1-2H3/b14-3+. The number of aryl methyl sites for hydroxylation is 1. The summed E-state index contributed by atoms with van der Waals surface area (Å²) >= 11 is 0. The molecular formula is C34H34N2O2. The number of nitrogens with zero attached hydrogens (tertiary/aromatic N) is 2. The molecule has 0 aliphatic heterocycles. The summed E-state index contributed by atoms with van der Waals surface area (Å²) in [6.07, 6.45) is 5.97. The predicted molar refractivity (Wildman–Crippen MR) is 156 cm³/mol. The van der Waals surface area contributed by atoms with Crippen LogP contribution in [0.3, 0.4) is 0 Å². The van der Waals surface area contributed by atoms with Gasteiger partial charge in [0.25, 0.3) is 0 Å². The third-order valence-corrected chi connectivity index (χ3v) is 6.79. The van der Waals surface area contributed by atoms with Gasteiger partial charge in [-0.05, 0) is 60.7 Å². The first-order valence-electron chi connectivity index (χ1n) is 13.3. The number of allylic oxidation sites excluding steroid dienone is 1. The van der Waals surface area contributed by atoms with Gasteiger partial charge in [-0.15, -0.1) is 0 Å². The average Bonchev–Trinajstić information content (AvgIpc) is 3.32. The third-order valence-electron chi connectivity index (χ3n) is 6.79. The average molecular weight is 503 g/mol. The minimum atomic E-state index is 0.0565. The van der Waals surface area contributed by atoms with E-state index in [2.05, 4.69) is 102 Å². The number of rotatable bonds is 11. The van der Waals surface area contributed by atoms with E-state index >= 15 is 0 Å². The number of hydrogen-bond acceptors (Lipinski definition) is 3. The van der Waals surface area contributed by atoms with E-state index in [1.165, 1.54) is 16.6 Å². The minimum absolute atomic E-state index is 0.0565. The van der Waals surface area contributed by atoms with Crippen molar-refractivity contribution in [2.45, 2.75) is 32.2 Å². The van der Waals surface area contributed by atoms with Gasteiger partial charge in [-0.3, -0.25) is 0 Å². The van der Waals surface area contributed by atoms with Crippen LogP contribution in [-0.4, -0.2) is 23.3 Å². The van der Waals surface area contributed by atoms with Gasteiger partial charge in [0, 0.05) is 6.54 Å². The van der Waals surface area contributed by atoms with Crippen molar-refractivity contribution in [3.05, 3.63) is 132 Å². The van der Waals surface area contributed by atoms with Gasteiger partial charge in [-0.25, -0.2) is 4.98 Å². The lowest BCUT2D eigenvalue weighted by atomic mass is 9.90. The predicted octanol–water partition coefficient (Wildman–Crippen LogP) is 8.12. The molecule has 0 bridgehead atoms. The Bertz CT molecular complexity index is 1450. The number of methoxy groups -OCH3 is 1. The first-order chi connectivity index (χ1) is 18.8. The molecule has 0 amide bonds. The topological polar surface area (TPSA) is 36.3 Å². The van der Waals surface area contributed by atoms with Crippen LogP contribution >= 0.6 is 0 Å². The summed E-state index contributed by atoms with van der Waals surface area (Å²) in [5.74, 6) is 2.67. The summed E-state index contributed by atoms with van der Waals surface area (Å²) in [7, 11) is 1.68. The highest BCUT2D eigenvalue weighted by Gasteiger charge is 2.23. The Morgan fingerprint density at radius 1 is 0.789 bits per heavy atom. The first-order valence-corrected chi connectivity index (χ1v) is 13.3. The molecular weight excluding hydrogens is 468 g/mol. The highest BCUT2D eigenvalue weighted by atomic mass is 16.5. The molecule has 0 saturated carbocycles. The van der Waals surface area contributed by atoms with Crippen molar-refractivity contribution in [2.75, 3.05) is 13.7 Å². The first kappa shape index (κ1) is 25.3. The Balaban J connectivity index is 1.36. The fourth-order valence-electron chi connectivity index (χ4n) is 4.98. The van der Waals surface area contributed by atoms with Crippen LogP contribution in [0, 0.1) is 0 Å². The van der Waals surface area contributed by atoms with Gasteiger partial charge in [0.05, 0.1) is 30.7 Å². The summed E-state index contributed by atoms with van der Waals surface area (Å²) in [6, 6.07) is 35.8. The fourth-order valence-corrected chi connectivity index (χ4v) is 4.98. The molecule has 0 aliphatic carbocycles. The summed E-state index contributed by atoms with van der Waals surface area (Å²) in [5, 5.41) is 0. The van der Waals surface area contributed by atoms with E-state index < -0.39 is 0 Å². The van der Waals surface area contributed by atoms with Crippen molar-refractivity contribution in [3.63, 3.8) is 0 Å². The van der Waals surface area contributed by atoms with Crippen LogP contribution in [-0.2, 0) is 6.54 Å². The van der Waals surface area contributed by atoms with Gasteiger partial charge in [-0.2, -0.15) is 0 Å². The molecule has 0 unspecified atom stereocenters. The molecule has 1 aromatic heterocycles. The molecule has 0 saturated heterocycles. The van der Waals surface area contributed by atoms with Crippen molar-refractivity contribution < 1.29 is 9.47 Å². The zero-order chi connectivity index (χ0) is 26.2. The van der Waals surface area contributed by atoms with Crippen molar-refractivity contribution in [2.24, 2.45) is 0 Å². The van der Waals surface area contributed by atoms with Crippen molar-refractivity contribution in [3.8, 4) is 11.5 Å². The molecule has 5 rings (SSSR count). The van der Waals surface area contributed by atoms with Crippen LogP contribution in [0.5, 0.6) is 11.5 Å². The van der Waals surface area contributed by atoms with Crippen LogP contribution in [0.25, 0.3) is 17.1 Å². The van der Waals surface area contributed by atoms with Crippen molar-refractivity contribution >= 4 is 17.1 Å². The molecule has 4 aromatic carbocycles. The van der Waals surface area contributed by atoms with Gasteiger partial charge < -0.3 is 14.0 Å². The molecule has 4 nitrogen and oxygen atoms in total. The third kappa shape index (κ3) is 5.65. The fraction of sp³-hybridized carbons (Fsp3) is 0.206. The largest absolute Gasteiger partial charge is 0.493 e. The quantitative estimate of drug-likeness (QED) is 0.171. The second-order valence-electron chi connectivity index (χ2n) is 9.33. The van der Waals surface area contributed by atoms with E-state index in [1.807, 2.05) is 25.1 Å². The number of benzene rings is 4. The summed E-state index contributed by atoms with van der Waals surface area (Å²) < 4.78 is 14.1. The zero-order valence-electron chi connectivity index (χ0n) is 22.1. The molecule has 38 heavy (non-hydrogen) atoms. The Hall–Kier alpha value is -4.31. The monoisotopic (exact) mass is 502 g/mol. The van der Waals surface area contributed by atoms with Gasteiger partial charge in [-0.1, -0.05) is 91.0 Å². The molecule has 0 fully saturated rings. The summed E-state index contributed by atoms with van der Waals surface area (Å²) in [6.45, 7) is 3.50. The molecule has 5 aromatic rings. The highest BCUT2D eigenvalue weighted by molar-refractivity contribution is 5.76. The molecule has 0 spiro atoms. The van der Waals surface area contributed by atoms with Crippen molar-refractivity contribution in [1.82, 2.24) is 9.55 Å². The van der Waals surface area contributed by atoms with E-state index in [0.717, 1.165) is 47.8 Å². The van der Waals surface area contributed by atoms with E-state index in [-0.39, 0.29) is 5.92 Å². The van der Waals surface area contributed by atoms with Crippen LogP contribution in [0.4, 0.5) is 0 Å². The maximum Gasteiger partial charge on any atom is 0.161 e. The van der Waals surface area contributed by atoms with Gasteiger partial charge >= 0.3 is 0 Å².